The van der Waals surface area contributed by atoms with Crippen LogP contribution in [0.15, 0.2) is 42.0 Å². The number of hydrogen-bond donors (Lipinski definition) is 1. The van der Waals surface area contributed by atoms with Crippen molar-refractivity contribution in [3.05, 3.63) is 47.5 Å². The fourth-order valence-electron chi connectivity index (χ4n) is 10.9. The largest absolute Gasteiger partial charge is 0.463 e. The Bertz CT molecular complexity index is 1070. The van der Waals surface area contributed by atoms with E-state index in [-0.39, 0.29) is 24.5 Å². The predicted octanol–water partition coefficient (Wildman–Crippen LogP) is 7.98. The molecule has 6 fully saturated rings. The number of carbonyl (C=O) groups excluding carboxylic acids is 1. The third kappa shape index (κ3) is 4.42. The van der Waals surface area contributed by atoms with Crippen LogP contribution >= 0.6 is 0 Å². The highest BCUT2D eigenvalue weighted by atomic mass is 16.5. The van der Waals surface area contributed by atoms with Crippen LogP contribution in [0.3, 0.4) is 0 Å². The molecule has 5 aliphatic carbocycles. The molecule has 1 aromatic rings. The van der Waals surface area contributed by atoms with Crippen molar-refractivity contribution in [1.29, 1.82) is 0 Å². The first-order valence-electron chi connectivity index (χ1n) is 15.9. The SMILES string of the molecule is C.CC(C)CC1CCC2(C)C(CC=C3C2CCC2C4COC5(CCC4O)C(C)C325)C1.O=COCc1ccccc1. The molecular formula is C36H54O4. The number of carbonyl (C=O) groups is 1. The van der Waals surface area contributed by atoms with Crippen LogP contribution in [0.5, 0.6) is 0 Å². The van der Waals surface area contributed by atoms with Crippen LogP contribution in [0, 0.1) is 52.3 Å². The van der Waals surface area contributed by atoms with E-state index in [9.17, 15) is 9.90 Å². The van der Waals surface area contributed by atoms with Gasteiger partial charge in [-0.25, -0.2) is 0 Å². The number of aliphatic hydroxyl groups excluding tert-OH is 1. The first-order chi connectivity index (χ1) is 18.8. The van der Waals surface area contributed by atoms with Gasteiger partial charge in [-0.3, -0.25) is 4.79 Å². The maximum Gasteiger partial charge on any atom is 0.293 e. The Morgan fingerprint density at radius 2 is 1.90 bits per heavy atom. The van der Waals surface area contributed by atoms with E-state index in [4.69, 9.17) is 4.74 Å². The number of ether oxygens (including phenoxy) is 2. The molecule has 4 nitrogen and oxygen atoms in total. The Morgan fingerprint density at radius 3 is 2.62 bits per heavy atom. The van der Waals surface area contributed by atoms with Gasteiger partial charge in [-0.2, -0.15) is 0 Å². The topological polar surface area (TPSA) is 55.8 Å². The minimum absolute atomic E-state index is 0. The maximum absolute atomic E-state index is 10.9. The van der Waals surface area contributed by atoms with Gasteiger partial charge in [0.05, 0.1) is 18.3 Å². The highest BCUT2D eigenvalue weighted by Crippen LogP contribution is 2.83. The lowest BCUT2D eigenvalue weighted by Crippen LogP contribution is -2.53. The third-order valence-electron chi connectivity index (χ3n) is 12.6. The van der Waals surface area contributed by atoms with E-state index in [2.05, 4.69) is 38.5 Å². The molecule has 0 aromatic heterocycles. The van der Waals surface area contributed by atoms with Crippen LogP contribution in [-0.4, -0.2) is 29.9 Å². The summed E-state index contributed by atoms with van der Waals surface area (Å²) in [4.78, 5) is 9.76. The molecule has 8 rings (SSSR count). The molecule has 4 heteroatoms. The van der Waals surface area contributed by atoms with Crippen molar-refractivity contribution in [2.24, 2.45) is 52.3 Å². The second-order valence-electron chi connectivity index (χ2n) is 14.6. The lowest BCUT2D eigenvalue weighted by atomic mass is 9.47. The predicted molar refractivity (Wildman–Crippen MR) is 160 cm³/mol. The molecular weight excluding hydrogens is 496 g/mol. The zero-order valence-electron chi connectivity index (χ0n) is 24.6. The Hall–Kier alpha value is -1.65. The molecule has 2 bridgehead atoms. The zero-order valence-corrected chi connectivity index (χ0v) is 24.6. The van der Waals surface area contributed by atoms with E-state index >= 15 is 0 Å². The van der Waals surface area contributed by atoms with Gasteiger partial charge >= 0.3 is 0 Å². The molecule has 2 heterocycles. The molecule has 10 atom stereocenters. The fraction of sp³-hybridized carbons (Fsp3) is 0.750. The molecule has 1 N–H and O–H groups in total. The lowest BCUT2D eigenvalue weighted by molar-refractivity contribution is -0.129. The van der Waals surface area contributed by atoms with Crippen molar-refractivity contribution in [3.63, 3.8) is 0 Å². The van der Waals surface area contributed by atoms with Gasteiger partial charge in [-0.15, -0.1) is 0 Å². The van der Waals surface area contributed by atoms with E-state index in [0.717, 1.165) is 48.7 Å². The van der Waals surface area contributed by atoms with Crippen LogP contribution in [-0.2, 0) is 20.9 Å². The normalized spacial score (nSPS) is 44.1. The molecule has 0 radical (unpaired) electrons. The first kappa shape index (κ1) is 29.8. The highest BCUT2D eigenvalue weighted by molar-refractivity contribution is 5.46. The van der Waals surface area contributed by atoms with E-state index in [1.165, 1.54) is 44.9 Å². The van der Waals surface area contributed by atoms with Crippen molar-refractivity contribution in [1.82, 2.24) is 0 Å². The third-order valence-corrected chi connectivity index (χ3v) is 12.6. The average Bonchev–Trinajstić information content (AvgIpc) is 3.56. The first-order valence-corrected chi connectivity index (χ1v) is 15.9. The summed E-state index contributed by atoms with van der Waals surface area (Å²) in [6.07, 6.45) is 14.4. The number of benzene rings is 1. The molecule has 7 aliphatic rings. The van der Waals surface area contributed by atoms with Crippen LogP contribution in [0.25, 0.3) is 0 Å². The number of rotatable bonds is 5. The minimum Gasteiger partial charge on any atom is -0.463 e. The Balaban J connectivity index is 0.000000251. The van der Waals surface area contributed by atoms with Gasteiger partial charge in [0.15, 0.2) is 0 Å². The summed E-state index contributed by atoms with van der Waals surface area (Å²) in [7, 11) is 0. The monoisotopic (exact) mass is 550 g/mol. The van der Waals surface area contributed by atoms with Crippen molar-refractivity contribution >= 4 is 6.47 Å². The number of aliphatic hydroxyl groups is 1. The van der Waals surface area contributed by atoms with Crippen molar-refractivity contribution in [2.45, 2.75) is 111 Å². The summed E-state index contributed by atoms with van der Waals surface area (Å²) in [6, 6.07) is 9.55. The summed E-state index contributed by atoms with van der Waals surface area (Å²) in [5.41, 5.74) is 3.67. The van der Waals surface area contributed by atoms with Crippen molar-refractivity contribution < 1.29 is 19.4 Å². The summed E-state index contributed by atoms with van der Waals surface area (Å²) in [5.74, 6) is 5.17. The molecule has 222 valence electrons. The molecule has 2 spiro atoms. The van der Waals surface area contributed by atoms with Crippen molar-refractivity contribution in [2.75, 3.05) is 6.61 Å². The van der Waals surface area contributed by atoms with Crippen LogP contribution < -0.4 is 0 Å². The molecule has 0 amide bonds. The van der Waals surface area contributed by atoms with E-state index in [1.807, 2.05) is 35.9 Å². The second-order valence-corrected chi connectivity index (χ2v) is 14.6. The van der Waals surface area contributed by atoms with Gasteiger partial charge in [0.1, 0.15) is 6.61 Å². The van der Waals surface area contributed by atoms with Gasteiger partial charge in [0.25, 0.3) is 6.47 Å². The van der Waals surface area contributed by atoms with Gasteiger partial charge in [-0.05, 0) is 104 Å². The van der Waals surface area contributed by atoms with E-state index < -0.39 is 0 Å². The smallest absolute Gasteiger partial charge is 0.293 e. The summed E-state index contributed by atoms with van der Waals surface area (Å²) in [6.45, 7) is 11.6. The van der Waals surface area contributed by atoms with Crippen LogP contribution in [0.1, 0.15) is 98.5 Å². The highest BCUT2D eigenvalue weighted by Gasteiger charge is 2.84. The summed E-state index contributed by atoms with van der Waals surface area (Å²) < 4.78 is 11.2. The van der Waals surface area contributed by atoms with Crippen LogP contribution in [0.4, 0.5) is 0 Å². The number of hydrogen-bond acceptors (Lipinski definition) is 4. The Labute approximate surface area is 243 Å². The fourth-order valence-corrected chi connectivity index (χ4v) is 10.9. The van der Waals surface area contributed by atoms with Crippen LogP contribution in [0.2, 0.25) is 0 Å². The standard InChI is InChI=1S/C27H42O2.C8H8O2.CH4/c1-16(2)13-18-9-11-25(4)19(14-18)5-6-23-22(25)8-7-21-20-15-29-26(12-10-24(20)28)17(3)27(21,23)26;9-7-10-6-8-4-2-1-3-5-8;/h6,16-22,24,28H,5,7-15H2,1-4H3;1-5,7H,6H2;1H4. The van der Waals surface area contributed by atoms with E-state index in [0.29, 0.717) is 36.2 Å². The maximum atomic E-state index is 10.9. The second kappa shape index (κ2) is 11.2. The zero-order chi connectivity index (χ0) is 27.4. The summed E-state index contributed by atoms with van der Waals surface area (Å²) in [5, 5.41) is 10.9. The summed E-state index contributed by atoms with van der Waals surface area (Å²) >= 11 is 0. The van der Waals surface area contributed by atoms with Crippen molar-refractivity contribution in [3.8, 4) is 0 Å². The van der Waals surface area contributed by atoms with Gasteiger partial charge < -0.3 is 14.6 Å². The quantitative estimate of drug-likeness (QED) is 0.298. The number of fused-ring (bicyclic) bond motifs is 6. The van der Waals surface area contributed by atoms with Gasteiger partial charge in [0.2, 0.25) is 0 Å². The average molecular weight is 551 g/mol. The molecule has 1 aromatic carbocycles. The Morgan fingerprint density at radius 1 is 1.12 bits per heavy atom. The molecule has 10 unspecified atom stereocenters. The number of allylic oxidation sites excluding steroid dienone is 1. The minimum atomic E-state index is -0.133. The molecule has 4 saturated carbocycles. The van der Waals surface area contributed by atoms with Gasteiger partial charge in [0, 0.05) is 11.3 Å². The molecule has 2 saturated heterocycles. The Kier molecular flexibility index (Phi) is 8.36. The molecule has 2 aliphatic heterocycles. The van der Waals surface area contributed by atoms with E-state index in [1.54, 1.807) is 0 Å². The molecule has 40 heavy (non-hydrogen) atoms. The van der Waals surface area contributed by atoms with Gasteiger partial charge in [-0.1, -0.05) is 77.1 Å². The lowest BCUT2D eigenvalue weighted by Gasteiger charge is -2.58.